The van der Waals surface area contributed by atoms with Crippen LogP contribution in [-0.2, 0) is 0 Å². The second-order valence-corrected chi connectivity index (χ2v) is 4.78. The molecule has 94 valence electrons. The Morgan fingerprint density at radius 3 is 2.29 bits per heavy atom. The maximum atomic E-state index is 6.33. The fourth-order valence-electron chi connectivity index (χ4n) is 2.48. The highest BCUT2D eigenvalue weighted by Crippen LogP contribution is 2.23. The summed E-state index contributed by atoms with van der Waals surface area (Å²) in [5.74, 6) is 0.884. The molecule has 0 aliphatic carbocycles. The second kappa shape index (κ2) is 5.52. The summed E-state index contributed by atoms with van der Waals surface area (Å²) in [6, 6.07) is 8.58. The number of nitrogens with two attached hydrogens (primary N) is 1. The highest BCUT2D eigenvalue weighted by Gasteiger charge is 2.24. The number of methoxy groups -OCH3 is 1. The summed E-state index contributed by atoms with van der Waals surface area (Å²) in [6.45, 7) is 4.59. The van der Waals surface area contributed by atoms with E-state index in [1.165, 1.54) is 31.5 Å². The summed E-state index contributed by atoms with van der Waals surface area (Å²) < 4.78 is 5.16. The van der Waals surface area contributed by atoms with Crippen LogP contribution in [0.2, 0.25) is 0 Å². The van der Waals surface area contributed by atoms with Crippen molar-refractivity contribution in [1.82, 2.24) is 4.90 Å². The number of likely N-dealkylation sites (tertiary alicyclic amines) is 1. The van der Waals surface area contributed by atoms with Crippen LogP contribution in [0.3, 0.4) is 0 Å². The number of hydrogen-bond acceptors (Lipinski definition) is 3. The zero-order valence-electron chi connectivity index (χ0n) is 10.7. The van der Waals surface area contributed by atoms with E-state index < -0.39 is 0 Å². The van der Waals surface area contributed by atoms with Gasteiger partial charge in [-0.3, -0.25) is 4.90 Å². The van der Waals surface area contributed by atoms with Gasteiger partial charge < -0.3 is 10.5 Å². The van der Waals surface area contributed by atoms with Crippen LogP contribution in [0.25, 0.3) is 0 Å². The van der Waals surface area contributed by atoms with Crippen molar-refractivity contribution in [2.75, 3.05) is 20.2 Å². The Kier molecular flexibility index (Phi) is 4.02. The minimum Gasteiger partial charge on any atom is -0.497 e. The number of nitrogens with zero attached hydrogens (tertiary/aromatic N) is 1. The molecule has 0 amide bonds. The van der Waals surface area contributed by atoms with Crippen LogP contribution < -0.4 is 10.5 Å². The van der Waals surface area contributed by atoms with Crippen LogP contribution in [0.15, 0.2) is 24.3 Å². The molecule has 0 bridgehead atoms. The van der Waals surface area contributed by atoms with Crippen molar-refractivity contribution in [1.29, 1.82) is 0 Å². The van der Waals surface area contributed by atoms with E-state index in [-0.39, 0.29) is 6.04 Å². The Bertz CT molecular complexity index is 344. The van der Waals surface area contributed by atoms with E-state index >= 15 is 0 Å². The van der Waals surface area contributed by atoms with E-state index in [9.17, 15) is 0 Å². The van der Waals surface area contributed by atoms with Crippen molar-refractivity contribution in [3.05, 3.63) is 29.8 Å². The third-order valence-corrected chi connectivity index (χ3v) is 3.74. The van der Waals surface area contributed by atoms with Crippen LogP contribution in [0.4, 0.5) is 0 Å². The summed E-state index contributed by atoms with van der Waals surface area (Å²) in [5, 5.41) is 0. The fourth-order valence-corrected chi connectivity index (χ4v) is 2.48. The minimum atomic E-state index is 0.0824. The van der Waals surface area contributed by atoms with Crippen LogP contribution in [0.1, 0.15) is 31.4 Å². The van der Waals surface area contributed by atoms with Crippen LogP contribution in [0, 0.1) is 0 Å². The molecule has 0 radical (unpaired) electrons. The van der Waals surface area contributed by atoms with Gasteiger partial charge in [-0.15, -0.1) is 0 Å². The highest BCUT2D eigenvalue weighted by molar-refractivity contribution is 5.29. The van der Waals surface area contributed by atoms with E-state index in [4.69, 9.17) is 10.5 Å². The maximum absolute atomic E-state index is 6.33. The Labute approximate surface area is 104 Å². The molecule has 17 heavy (non-hydrogen) atoms. The fraction of sp³-hybridized carbons (Fsp3) is 0.571. The molecule has 1 aromatic carbocycles. The average Bonchev–Trinajstić information content (AvgIpc) is 2.91. The molecule has 0 saturated carbocycles. The molecule has 2 N–H and O–H groups in total. The van der Waals surface area contributed by atoms with Crippen molar-refractivity contribution >= 4 is 0 Å². The third kappa shape index (κ3) is 2.79. The van der Waals surface area contributed by atoms with Gasteiger partial charge in [0.2, 0.25) is 0 Å². The predicted molar refractivity (Wildman–Crippen MR) is 70.2 cm³/mol. The van der Waals surface area contributed by atoms with Gasteiger partial charge in [-0.1, -0.05) is 12.1 Å². The summed E-state index contributed by atoms with van der Waals surface area (Å²) in [5.41, 5.74) is 7.51. The predicted octanol–water partition coefficient (Wildman–Crippen LogP) is 2.18. The van der Waals surface area contributed by atoms with Gasteiger partial charge in [0, 0.05) is 12.1 Å². The summed E-state index contributed by atoms with van der Waals surface area (Å²) in [6.07, 6.45) is 2.61. The van der Waals surface area contributed by atoms with Gasteiger partial charge in [-0.25, -0.2) is 0 Å². The van der Waals surface area contributed by atoms with Gasteiger partial charge in [-0.2, -0.15) is 0 Å². The minimum absolute atomic E-state index is 0.0824. The topological polar surface area (TPSA) is 38.5 Å². The Morgan fingerprint density at radius 1 is 1.18 bits per heavy atom. The van der Waals surface area contributed by atoms with Gasteiger partial charge in [-0.05, 0) is 50.6 Å². The van der Waals surface area contributed by atoms with Crippen molar-refractivity contribution in [3.8, 4) is 5.75 Å². The number of ether oxygens (including phenoxy) is 1. The van der Waals surface area contributed by atoms with Gasteiger partial charge in [0.05, 0.1) is 7.11 Å². The molecule has 2 unspecified atom stereocenters. The first-order chi connectivity index (χ1) is 8.22. The van der Waals surface area contributed by atoms with E-state index in [1.807, 2.05) is 12.1 Å². The van der Waals surface area contributed by atoms with Gasteiger partial charge in [0.15, 0.2) is 0 Å². The molecule has 2 rings (SSSR count). The van der Waals surface area contributed by atoms with Crippen LogP contribution >= 0.6 is 0 Å². The zero-order valence-corrected chi connectivity index (χ0v) is 10.7. The number of hydrogen-bond donors (Lipinski definition) is 1. The molecule has 1 saturated heterocycles. The van der Waals surface area contributed by atoms with Gasteiger partial charge in [0.1, 0.15) is 5.75 Å². The van der Waals surface area contributed by atoms with Gasteiger partial charge >= 0.3 is 0 Å². The Morgan fingerprint density at radius 2 is 1.76 bits per heavy atom. The number of benzene rings is 1. The van der Waals surface area contributed by atoms with Crippen molar-refractivity contribution in [2.45, 2.75) is 31.8 Å². The van der Waals surface area contributed by atoms with E-state index in [1.54, 1.807) is 7.11 Å². The third-order valence-electron chi connectivity index (χ3n) is 3.74. The van der Waals surface area contributed by atoms with Crippen molar-refractivity contribution in [3.63, 3.8) is 0 Å². The van der Waals surface area contributed by atoms with Crippen LogP contribution in [-0.4, -0.2) is 31.1 Å². The normalized spacial score (nSPS) is 20.2. The Hall–Kier alpha value is -1.06. The first-order valence-electron chi connectivity index (χ1n) is 6.36. The molecule has 0 aromatic heterocycles. The largest absolute Gasteiger partial charge is 0.497 e. The maximum Gasteiger partial charge on any atom is 0.118 e. The molecule has 0 spiro atoms. The Balaban J connectivity index is 2.04. The molecule has 1 aliphatic heterocycles. The molecular weight excluding hydrogens is 212 g/mol. The monoisotopic (exact) mass is 234 g/mol. The smallest absolute Gasteiger partial charge is 0.118 e. The van der Waals surface area contributed by atoms with E-state index in [0.717, 1.165) is 5.75 Å². The molecule has 3 nitrogen and oxygen atoms in total. The van der Waals surface area contributed by atoms with E-state index in [2.05, 4.69) is 24.0 Å². The quantitative estimate of drug-likeness (QED) is 0.868. The molecular formula is C14H22N2O. The molecule has 1 fully saturated rings. The summed E-state index contributed by atoms with van der Waals surface area (Å²) in [4.78, 5) is 2.48. The number of rotatable bonds is 4. The zero-order chi connectivity index (χ0) is 12.3. The van der Waals surface area contributed by atoms with Crippen molar-refractivity contribution < 1.29 is 4.74 Å². The summed E-state index contributed by atoms with van der Waals surface area (Å²) in [7, 11) is 1.68. The van der Waals surface area contributed by atoms with Gasteiger partial charge in [0.25, 0.3) is 0 Å². The molecule has 1 heterocycles. The molecule has 1 aliphatic rings. The van der Waals surface area contributed by atoms with Crippen LogP contribution in [0.5, 0.6) is 5.75 Å². The van der Waals surface area contributed by atoms with E-state index in [0.29, 0.717) is 6.04 Å². The lowest BCUT2D eigenvalue weighted by molar-refractivity contribution is 0.227. The molecule has 2 atom stereocenters. The lowest BCUT2D eigenvalue weighted by atomic mass is 10.0. The molecule has 1 aromatic rings. The standard InChI is InChI=1S/C14H22N2O/c1-11(16-9-3-4-10-16)14(15)12-5-7-13(17-2)8-6-12/h5-8,11,14H,3-4,9-10,15H2,1-2H3. The average molecular weight is 234 g/mol. The highest BCUT2D eigenvalue weighted by atomic mass is 16.5. The molecule has 3 heteroatoms. The SMILES string of the molecule is COc1ccc(C(N)C(C)N2CCCC2)cc1. The lowest BCUT2D eigenvalue weighted by Crippen LogP contribution is -2.38. The summed E-state index contributed by atoms with van der Waals surface area (Å²) >= 11 is 0. The lowest BCUT2D eigenvalue weighted by Gasteiger charge is -2.29. The first-order valence-corrected chi connectivity index (χ1v) is 6.36. The first kappa shape index (κ1) is 12.4. The van der Waals surface area contributed by atoms with Crippen molar-refractivity contribution in [2.24, 2.45) is 5.73 Å². The second-order valence-electron chi connectivity index (χ2n) is 4.78.